The van der Waals surface area contributed by atoms with Gasteiger partial charge in [-0.15, -0.1) is 0 Å². The molecule has 1 heterocycles. The zero-order valence-corrected chi connectivity index (χ0v) is 17.5. The Morgan fingerprint density at radius 2 is 1.71 bits per heavy atom. The monoisotopic (exact) mass is 425 g/mol. The first-order valence-corrected chi connectivity index (χ1v) is 10.4. The zero-order chi connectivity index (χ0) is 22.0. The number of rotatable bonds is 3. The van der Waals surface area contributed by atoms with Crippen LogP contribution in [0.1, 0.15) is 17.0 Å². The molecule has 1 aliphatic heterocycles. The summed E-state index contributed by atoms with van der Waals surface area (Å²) in [5.41, 5.74) is 7.83. The highest BCUT2D eigenvalue weighted by Gasteiger charge is 2.54. The van der Waals surface area contributed by atoms with Crippen LogP contribution in [0.3, 0.4) is 0 Å². The number of nitrogens with two attached hydrogens (primary N) is 1. The molecule has 0 saturated heterocycles. The zero-order valence-electron chi connectivity index (χ0n) is 16.8. The second-order valence-corrected chi connectivity index (χ2v) is 8.34. The van der Waals surface area contributed by atoms with Crippen LogP contribution in [0.2, 0.25) is 5.02 Å². The maximum Gasteiger partial charge on any atom is 0.191 e. The van der Waals surface area contributed by atoms with Crippen molar-refractivity contribution < 1.29 is 0 Å². The minimum atomic E-state index is -1.63. The lowest BCUT2D eigenvalue weighted by Gasteiger charge is -2.45. The van der Waals surface area contributed by atoms with Crippen molar-refractivity contribution in [2.75, 3.05) is 13.1 Å². The molecule has 2 unspecified atom stereocenters. The lowest BCUT2D eigenvalue weighted by molar-refractivity contribution is 0.201. The van der Waals surface area contributed by atoms with Crippen LogP contribution >= 0.6 is 11.6 Å². The third-order valence-corrected chi connectivity index (χ3v) is 6.47. The summed E-state index contributed by atoms with van der Waals surface area (Å²) in [5, 5.41) is 30.7. The SMILES string of the molecule is N#CC1=C(N)C(C#N)(C#N)C(c2ccc(Cl)cc2)C2CN(Cc3ccccc3)CC=C12. The third-order valence-electron chi connectivity index (χ3n) is 6.22. The number of nitriles is 3. The molecule has 0 radical (unpaired) electrons. The summed E-state index contributed by atoms with van der Waals surface area (Å²) < 4.78 is 0. The van der Waals surface area contributed by atoms with Crippen molar-refractivity contribution in [3.05, 3.63) is 93.7 Å². The largest absolute Gasteiger partial charge is 0.399 e. The van der Waals surface area contributed by atoms with Crippen LogP contribution < -0.4 is 5.73 Å². The van der Waals surface area contributed by atoms with E-state index in [0.717, 1.165) is 17.7 Å². The molecule has 2 aromatic rings. The summed E-state index contributed by atoms with van der Waals surface area (Å²) in [7, 11) is 0. The summed E-state index contributed by atoms with van der Waals surface area (Å²) in [5.74, 6) is -0.735. The summed E-state index contributed by atoms with van der Waals surface area (Å²) >= 11 is 6.09. The molecule has 4 rings (SSSR count). The van der Waals surface area contributed by atoms with Crippen LogP contribution in [0, 0.1) is 45.3 Å². The van der Waals surface area contributed by atoms with Gasteiger partial charge in [-0.05, 0) is 28.8 Å². The molecular formula is C25H20ClN5. The number of allylic oxidation sites excluding steroid dienone is 2. The first-order valence-electron chi connectivity index (χ1n) is 9.99. The van der Waals surface area contributed by atoms with Gasteiger partial charge in [0, 0.05) is 36.5 Å². The molecule has 2 aromatic carbocycles. The van der Waals surface area contributed by atoms with Gasteiger partial charge in [-0.2, -0.15) is 15.8 Å². The number of halogens is 1. The molecule has 152 valence electrons. The van der Waals surface area contributed by atoms with Gasteiger partial charge in [0.1, 0.15) is 6.07 Å². The van der Waals surface area contributed by atoms with Crippen LogP contribution in [0.5, 0.6) is 0 Å². The average Bonchev–Trinajstić information content (AvgIpc) is 2.80. The van der Waals surface area contributed by atoms with Gasteiger partial charge in [0.25, 0.3) is 0 Å². The number of hydrogen-bond acceptors (Lipinski definition) is 5. The van der Waals surface area contributed by atoms with E-state index in [9.17, 15) is 15.8 Å². The van der Waals surface area contributed by atoms with Gasteiger partial charge in [-0.25, -0.2) is 0 Å². The average molecular weight is 426 g/mol. The molecule has 2 aliphatic rings. The fourth-order valence-electron chi connectivity index (χ4n) is 4.76. The van der Waals surface area contributed by atoms with E-state index in [1.54, 1.807) is 12.1 Å². The Morgan fingerprint density at radius 1 is 1.03 bits per heavy atom. The quantitative estimate of drug-likeness (QED) is 0.791. The first-order chi connectivity index (χ1) is 15.0. The number of nitrogens with zero attached hydrogens (tertiary/aromatic N) is 4. The molecule has 0 bridgehead atoms. The highest BCUT2D eigenvalue weighted by molar-refractivity contribution is 6.30. The lowest BCUT2D eigenvalue weighted by atomic mass is 9.58. The second kappa shape index (κ2) is 8.29. The molecule has 5 nitrogen and oxygen atoms in total. The highest BCUT2D eigenvalue weighted by atomic mass is 35.5. The molecule has 1 aliphatic carbocycles. The van der Waals surface area contributed by atoms with Crippen molar-refractivity contribution in [2.24, 2.45) is 17.1 Å². The Bertz CT molecular complexity index is 1160. The van der Waals surface area contributed by atoms with E-state index in [-0.39, 0.29) is 17.2 Å². The first kappa shape index (κ1) is 20.7. The molecule has 0 spiro atoms. The van der Waals surface area contributed by atoms with Gasteiger partial charge >= 0.3 is 0 Å². The van der Waals surface area contributed by atoms with Crippen molar-refractivity contribution in [2.45, 2.75) is 12.5 Å². The van der Waals surface area contributed by atoms with Crippen molar-refractivity contribution in [3.63, 3.8) is 0 Å². The van der Waals surface area contributed by atoms with Crippen molar-refractivity contribution >= 4 is 11.6 Å². The number of benzene rings is 2. The van der Waals surface area contributed by atoms with Crippen molar-refractivity contribution in [3.8, 4) is 18.2 Å². The van der Waals surface area contributed by atoms with Gasteiger partial charge < -0.3 is 5.73 Å². The van der Waals surface area contributed by atoms with Crippen LogP contribution in [0.25, 0.3) is 0 Å². The molecule has 0 saturated carbocycles. The molecule has 2 N–H and O–H groups in total. The Hall–Kier alpha value is -3.56. The van der Waals surface area contributed by atoms with E-state index >= 15 is 0 Å². The fraction of sp³-hybridized carbons (Fsp3) is 0.240. The maximum atomic E-state index is 10.1. The topological polar surface area (TPSA) is 101 Å². The minimum Gasteiger partial charge on any atom is -0.399 e. The summed E-state index contributed by atoms with van der Waals surface area (Å²) in [4.78, 5) is 2.27. The van der Waals surface area contributed by atoms with Crippen LogP contribution in [0.15, 0.2) is 77.5 Å². The molecule has 0 amide bonds. The number of hydrogen-bond donors (Lipinski definition) is 1. The fourth-order valence-corrected chi connectivity index (χ4v) is 4.88. The summed E-state index contributed by atoms with van der Waals surface area (Å²) in [6.45, 7) is 2.01. The van der Waals surface area contributed by atoms with Gasteiger partial charge in [-0.3, -0.25) is 4.90 Å². The van der Waals surface area contributed by atoms with E-state index in [1.807, 2.05) is 36.4 Å². The third kappa shape index (κ3) is 3.47. The Morgan fingerprint density at radius 3 is 2.32 bits per heavy atom. The Kier molecular flexibility index (Phi) is 5.53. The normalized spacial score (nSPS) is 22.5. The highest BCUT2D eigenvalue weighted by Crippen LogP contribution is 2.54. The van der Waals surface area contributed by atoms with E-state index < -0.39 is 11.3 Å². The van der Waals surface area contributed by atoms with Crippen molar-refractivity contribution in [1.29, 1.82) is 15.8 Å². The minimum absolute atomic E-state index is 0.0407. The predicted octanol–water partition coefficient (Wildman–Crippen LogP) is 4.27. The van der Waals surface area contributed by atoms with E-state index in [4.69, 9.17) is 17.3 Å². The smallest absolute Gasteiger partial charge is 0.191 e. The van der Waals surface area contributed by atoms with Gasteiger partial charge in [0.2, 0.25) is 0 Å². The standard InChI is InChI=1S/C25H20ClN5/c26-19-8-6-18(7-9-19)23-22-14-31(13-17-4-2-1-3-5-17)11-10-20(22)21(12-27)24(30)25(23,15-28)16-29/h1-10,22-23H,11,13-14,30H2. The second-order valence-electron chi connectivity index (χ2n) is 7.91. The van der Waals surface area contributed by atoms with Gasteiger partial charge in [-0.1, -0.05) is 60.1 Å². The van der Waals surface area contributed by atoms with E-state index in [2.05, 4.69) is 35.2 Å². The van der Waals surface area contributed by atoms with E-state index in [1.165, 1.54) is 5.56 Å². The van der Waals surface area contributed by atoms with Crippen molar-refractivity contribution in [1.82, 2.24) is 4.90 Å². The Labute approximate surface area is 186 Å². The summed E-state index contributed by atoms with van der Waals surface area (Å²) in [6.07, 6.45) is 2.02. The van der Waals surface area contributed by atoms with Crippen LogP contribution in [0.4, 0.5) is 0 Å². The molecular weight excluding hydrogens is 406 g/mol. The Balaban J connectivity index is 1.84. The van der Waals surface area contributed by atoms with Crippen LogP contribution in [-0.2, 0) is 6.54 Å². The maximum absolute atomic E-state index is 10.1. The number of fused-ring (bicyclic) bond motifs is 1. The van der Waals surface area contributed by atoms with Gasteiger partial charge in [0.05, 0.1) is 23.4 Å². The van der Waals surface area contributed by atoms with E-state index in [0.29, 0.717) is 18.1 Å². The van der Waals surface area contributed by atoms with Crippen LogP contribution in [-0.4, -0.2) is 18.0 Å². The molecule has 6 heteroatoms. The molecule has 0 aromatic heterocycles. The van der Waals surface area contributed by atoms with Gasteiger partial charge in [0.15, 0.2) is 5.41 Å². The molecule has 31 heavy (non-hydrogen) atoms. The molecule has 0 fully saturated rings. The lowest BCUT2D eigenvalue weighted by Crippen LogP contribution is -2.47. The molecule has 2 atom stereocenters. The summed E-state index contributed by atoms with van der Waals surface area (Å²) in [6, 6.07) is 23.8. The predicted molar refractivity (Wildman–Crippen MR) is 118 cm³/mol.